The number of rotatable bonds is 4. The minimum atomic E-state index is 0.203. The van der Waals surface area contributed by atoms with Crippen LogP contribution < -0.4 is 11.1 Å². The zero-order valence-electron chi connectivity index (χ0n) is 8.75. The lowest BCUT2D eigenvalue weighted by Crippen LogP contribution is -2.15. The lowest BCUT2D eigenvalue weighted by molar-refractivity contribution is 0.244. The van der Waals surface area contributed by atoms with Gasteiger partial charge >= 0.3 is 0 Å². The van der Waals surface area contributed by atoms with Crippen LogP contribution in [0.4, 0.5) is 11.4 Å². The molecule has 0 aliphatic rings. The Kier molecular flexibility index (Phi) is 3.77. The first kappa shape index (κ1) is 10.9. The van der Waals surface area contributed by atoms with Crippen LogP contribution in [0.25, 0.3) is 0 Å². The molecule has 1 atom stereocenters. The summed E-state index contributed by atoms with van der Waals surface area (Å²) in [5.74, 6) is 0.260. The first-order chi connectivity index (χ1) is 6.65. The van der Waals surface area contributed by atoms with Crippen molar-refractivity contribution >= 4 is 11.4 Å². The highest BCUT2D eigenvalue weighted by Gasteiger charge is 2.03. The molecular formula is C11H18N2O. The van der Waals surface area contributed by atoms with Crippen LogP contribution in [0.5, 0.6) is 0 Å². The molecule has 0 aliphatic heterocycles. The highest BCUT2D eigenvalue weighted by molar-refractivity contribution is 5.62. The molecule has 0 radical (unpaired) electrons. The van der Waals surface area contributed by atoms with Gasteiger partial charge in [-0.3, -0.25) is 0 Å². The molecular weight excluding hydrogens is 176 g/mol. The number of aliphatic hydroxyl groups excluding tert-OH is 1. The standard InChI is InChI=1S/C11H18N2O/c1-8(7-14)6-13-11-5-3-4-10(12)9(11)2/h3-5,8,13-14H,6-7,12H2,1-2H3. The summed E-state index contributed by atoms with van der Waals surface area (Å²) in [6.45, 7) is 4.95. The van der Waals surface area contributed by atoms with Gasteiger partial charge in [-0.05, 0) is 30.5 Å². The van der Waals surface area contributed by atoms with Gasteiger partial charge in [0.25, 0.3) is 0 Å². The largest absolute Gasteiger partial charge is 0.398 e. The molecule has 0 fully saturated rings. The molecule has 1 aromatic rings. The number of nitrogens with one attached hydrogen (secondary N) is 1. The second-order valence-electron chi connectivity index (χ2n) is 3.69. The summed E-state index contributed by atoms with van der Waals surface area (Å²) in [6, 6.07) is 5.81. The van der Waals surface area contributed by atoms with E-state index in [1.807, 2.05) is 32.0 Å². The maximum Gasteiger partial charge on any atom is 0.0473 e. The summed E-state index contributed by atoms with van der Waals surface area (Å²) < 4.78 is 0. The maximum absolute atomic E-state index is 8.87. The molecule has 0 aromatic heterocycles. The molecule has 1 rings (SSSR count). The van der Waals surface area contributed by atoms with Gasteiger partial charge in [0, 0.05) is 24.5 Å². The Morgan fingerprint density at radius 3 is 2.86 bits per heavy atom. The van der Waals surface area contributed by atoms with E-state index < -0.39 is 0 Å². The van der Waals surface area contributed by atoms with Crippen LogP contribution in [-0.2, 0) is 0 Å². The predicted octanol–water partition coefficient (Wildman–Crippen LogP) is 1.62. The molecule has 0 saturated heterocycles. The molecule has 0 saturated carbocycles. The van der Waals surface area contributed by atoms with Crippen molar-refractivity contribution in [2.45, 2.75) is 13.8 Å². The van der Waals surface area contributed by atoms with Crippen LogP contribution in [0.1, 0.15) is 12.5 Å². The van der Waals surface area contributed by atoms with E-state index in [1.165, 1.54) is 0 Å². The SMILES string of the molecule is Cc1c(N)cccc1NCC(C)CO. The van der Waals surface area contributed by atoms with Gasteiger partial charge in [0.1, 0.15) is 0 Å². The van der Waals surface area contributed by atoms with Gasteiger partial charge in [-0.2, -0.15) is 0 Å². The first-order valence-electron chi connectivity index (χ1n) is 4.85. The summed E-state index contributed by atoms with van der Waals surface area (Å²) >= 11 is 0. The first-order valence-corrected chi connectivity index (χ1v) is 4.85. The second-order valence-corrected chi connectivity index (χ2v) is 3.69. The van der Waals surface area contributed by atoms with Crippen molar-refractivity contribution in [2.24, 2.45) is 5.92 Å². The van der Waals surface area contributed by atoms with Crippen molar-refractivity contribution < 1.29 is 5.11 Å². The number of benzene rings is 1. The maximum atomic E-state index is 8.87. The second kappa shape index (κ2) is 4.86. The minimum Gasteiger partial charge on any atom is -0.398 e. The van der Waals surface area contributed by atoms with E-state index in [2.05, 4.69) is 5.32 Å². The minimum absolute atomic E-state index is 0.203. The number of nitrogen functional groups attached to an aromatic ring is 1. The highest BCUT2D eigenvalue weighted by Crippen LogP contribution is 2.20. The average molecular weight is 194 g/mol. The summed E-state index contributed by atoms with van der Waals surface area (Å²) in [5.41, 5.74) is 8.68. The van der Waals surface area contributed by atoms with Crippen molar-refractivity contribution in [1.82, 2.24) is 0 Å². The van der Waals surface area contributed by atoms with Crippen LogP contribution >= 0.6 is 0 Å². The predicted molar refractivity (Wildman–Crippen MR) is 60.3 cm³/mol. The Bertz CT molecular complexity index is 299. The zero-order valence-corrected chi connectivity index (χ0v) is 8.75. The van der Waals surface area contributed by atoms with E-state index in [-0.39, 0.29) is 12.5 Å². The third kappa shape index (κ3) is 2.64. The topological polar surface area (TPSA) is 58.3 Å². The number of hydrogen-bond acceptors (Lipinski definition) is 3. The fourth-order valence-corrected chi connectivity index (χ4v) is 1.19. The summed E-state index contributed by atoms with van der Waals surface area (Å²) in [7, 11) is 0. The molecule has 1 aromatic carbocycles. The fraction of sp³-hybridized carbons (Fsp3) is 0.455. The van der Waals surface area contributed by atoms with E-state index in [0.717, 1.165) is 23.5 Å². The number of hydrogen-bond donors (Lipinski definition) is 3. The molecule has 4 N–H and O–H groups in total. The molecule has 3 heteroatoms. The molecule has 1 unspecified atom stereocenters. The van der Waals surface area contributed by atoms with E-state index in [9.17, 15) is 0 Å². The van der Waals surface area contributed by atoms with Crippen LogP contribution in [-0.4, -0.2) is 18.3 Å². The van der Waals surface area contributed by atoms with Crippen molar-refractivity contribution in [3.05, 3.63) is 23.8 Å². The van der Waals surface area contributed by atoms with Crippen molar-refractivity contribution in [1.29, 1.82) is 0 Å². The van der Waals surface area contributed by atoms with Crippen molar-refractivity contribution in [2.75, 3.05) is 24.2 Å². The smallest absolute Gasteiger partial charge is 0.0473 e. The summed E-state index contributed by atoms with van der Waals surface area (Å²) in [4.78, 5) is 0. The Labute approximate surface area is 84.9 Å². The molecule has 0 bridgehead atoms. The normalized spacial score (nSPS) is 12.5. The van der Waals surface area contributed by atoms with Gasteiger partial charge in [0.05, 0.1) is 0 Å². The molecule has 0 aliphatic carbocycles. The van der Waals surface area contributed by atoms with Crippen LogP contribution in [0.15, 0.2) is 18.2 Å². The Hall–Kier alpha value is -1.22. The van der Waals surface area contributed by atoms with Gasteiger partial charge in [0.2, 0.25) is 0 Å². The molecule has 14 heavy (non-hydrogen) atoms. The van der Waals surface area contributed by atoms with Crippen LogP contribution in [0.2, 0.25) is 0 Å². The molecule has 3 nitrogen and oxygen atoms in total. The average Bonchev–Trinajstić information content (AvgIpc) is 2.20. The molecule has 0 amide bonds. The van der Waals surface area contributed by atoms with Gasteiger partial charge in [-0.25, -0.2) is 0 Å². The third-order valence-electron chi connectivity index (χ3n) is 2.33. The number of nitrogens with two attached hydrogens (primary N) is 1. The fourth-order valence-electron chi connectivity index (χ4n) is 1.19. The molecule has 0 spiro atoms. The van der Waals surface area contributed by atoms with Gasteiger partial charge < -0.3 is 16.2 Å². The Morgan fingerprint density at radius 1 is 1.50 bits per heavy atom. The van der Waals surface area contributed by atoms with E-state index in [0.29, 0.717) is 0 Å². The summed E-state index contributed by atoms with van der Waals surface area (Å²) in [5, 5.41) is 12.1. The van der Waals surface area contributed by atoms with Gasteiger partial charge in [-0.1, -0.05) is 13.0 Å². The van der Waals surface area contributed by atoms with E-state index in [1.54, 1.807) is 0 Å². The lowest BCUT2D eigenvalue weighted by Gasteiger charge is -2.13. The highest BCUT2D eigenvalue weighted by atomic mass is 16.3. The monoisotopic (exact) mass is 194 g/mol. The Morgan fingerprint density at radius 2 is 2.21 bits per heavy atom. The van der Waals surface area contributed by atoms with Crippen molar-refractivity contribution in [3.8, 4) is 0 Å². The quantitative estimate of drug-likeness (QED) is 0.638. The van der Waals surface area contributed by atoms with Gasteiger partial charge in [-0.15, -0.1) is 0 Å². The number of anilines is 2. The Balaban J connectivity index is 2.63. The van der Waals surface area contributed by atoms with Gasteiger partial charge in [0.15, 0.2) is 0 Å². The lowest BCUT2D eigenvalue weighted by atomic mass is 10.1. The van der Waals surface area contributed by atoms with Crippen LogP contribution in [0, 0.1) is 12.8 Å². The van der Waals surface area contributed by atoms with Crippen LogP contribution in [0.3, 0.4) is 0 Å². The van der Waals surface area contributed by atoms with E-state index in [4.69, 9.17) is 10.8 Å². The zero-order chi connectivity index (χ0) is 10.6. The van der Waals surface area contributed by atoms with Crippen molar-refractivity contribution in [3.63, 3.8) is 0 Å². The summed E-state index contributed by atoms with van der Waals surface area (Å²) in [6.07, 6.45) is 0. The van der Waals surface area contributed by atoms with E-state index >= 15 is 0 Å². The third-order valence-corrected chi connectivity index (χ3v) is 2.33. The molecule has 0 heterocycles. The number of aliphatic hydroxyl groups is 1. The molecule has 78 valence electrons.